The van der Waals surface area contributed by atoms with Gasteiger partial charge in [-0.05, 0) is 46.3 Å². The summed E-state index contributed by atoms with van der Waals surface area (Å²) in [6.45, 7) is 0. The number of nitrogens with two attached hydrogens (primary N) is 1. The van der Waals surface area contributed by atoms with Crippen molar-refractivity contribution in [2.45, 2.75) is 0 Å². The maximum atomic E-state index is 8.80. The smallest absolute Gasteiger partial charge is 0.150 e. The quantitative estimate of drug-likeness (QED) is 0.876. The molecule has 2 rings (SSSR count). The first-order valence-corrected chi connectivity index (χ1v) is 6.24. The van der Waals surface area contributed by atoms with Crippen molar-refractivity contribution in [2.75, 3.05) is 12.8 Å². The average molecular weight is 319 g/mol. The Bertz CT molecular complexity index is 650. The van der Waals surface area contributed by atoms with Crippen molar-refractivity contribution in [1.82, 2.24) is 0 Å². The van der Waals surface area contributed by atoms with Gasteiger partial charge >= 0.3 is 0 Å². The van der Waals surface area contributed by atoms with Crippen LogP contribution in [-0.4, -0.2) is 7.11 Å². The first-order chi connectivity index (χ1) is 9.13. The maximum absolute atomic E-state index is 8.80. The van der Waals surface area contributed by atoms with E-state index in [0.717, 1.165) is 0 Å². The van der Waals surface area contributed by atoms with Gasteiger partial charge in [0.1, 0.15) is 11.5 Å². The molecule has 2 aromatic rings. The molecule has 0 unspecified atom stereocenters. The number of hydrogen-bond acceptors (Lipinski definition) is 4. The second-order valence-electron chi connectivity index (χ2n) is 3.76. The second-order valence-corrected chi connectivity index (χ2v) is 4.62. The van der Waals surface area contributed by atoms with Gasteiger partial charge < -0.3 is 15.2 Å². The Morgan fingerprint density at radius 1 is 1.16 bits per heavy atom. The highest BCUT2D eigenvalue weighted by molar-refractivity contribution is 9.10. The van der Waals surface area contributed by atoms with Crippen LogP contribution in [0.1, 0.15) is 5.56 Å². The monoisotopic (exact) mass is 318 g/mol. The molecule has 0 saturated carbocycles. The van der Waals surface area contributed by atoms with Crippen molar-refractivity contribution in [2.24, 2.45) is 0 Å². The molecule has 0 aliphatic rings. The molecule has 2 N–H and O–H groups in total. The Hall–Kier alpha value is -2.19. The van der Waals surface area contributed by atoms with Gasteiger partial charge in [0.25, 0.3) is 0 Å². The molecule has 0 atom stereocenters. The lowest BCUT2D eigenvalue weighted by Gasteiger charge is -2.11. The van der Waals surface area contributed by atoms with Crippen LogP contribution in [0.5, 0.6) is 17.2 Å². The van der Waals surface area contributed by atoms with E-state index in [0.29, 0.717) is 33.0 Å². The van der Waals surface area contributed by atoms with Gasteiger partial charge in [-0.25, -0.2) is 0 Å². The summed E-state index contributed by atoms with van der Waals surface area (Å²) in [7, 11) is 1.58. The molecule has 0 aromatic heterocycles. The molecular formula is C14H11BrN2O2. The minimum absolute atomic E-state index is 0.482. The molecule has 5 heteroatoms. The van der Waals surface area contributed by atoms with Crippen molar-refractivity contribution in [3.05, 3.63) is 46.4 Å². The fraction of sp³-hybridized carbons (Fsp3) is 0.0714. The summed E-state index contributed by atoms with van der Waals surface area (Å²) in [6, 6.07) is 12.3. The van der Waals surface area contributed by atoms with E-state index in [1.165, 1.54) is 0 Å². The number of nitrogens with zero attached hydrogens (tertiary/aromatic N) is 1. The lowest BCUT2D eigenvalue weighted by atomic mass is 10.2. The molecule has 96 valence electrons. The zero-order chi connectivity index (χ0) is 13.8. The normalized spacial score (nSPS) is 9.74. The third-order valence-corrected chi connectivity index (χ3v) is 3.12. The summed E-state index contributed by atoms with van der Waals surface area (Å²) in [4.78, 5) is 0. The predicted molar refractivity (Wildman–Crippen MR) is 76.3 cm³/mol. The van der Waals surface area contributed by atoms with E-state index in [2.05, 4.69) is 22.0 Å². The maximum Gasteiger partial charge on any atom is 0.150 e. The highest BCUT2D eigenvalue weighted by Gasteiger charge is 2.07. The van der Waals surface area contributed by atoms with Crippen molar-refractivity contribution in [3.8, 4) is 23.3 Å². The van der Waals surface area contributed by atoms with Gasteiger partial charge in [-0.3, -0.25) is 0 Å². The molecule has 0 aliphatic heterocycles. The Morgan fingerprint density at radius 2 is 1.89 bits per heavy atom. The molecule has 19 heavy (non-hydrogen) atoms. The van der Waals surface area contributed by atoms with Crippen LogP contribution in [0.15, 0.2) is 40.9 Å². The number of anilines is 1. The van der Waals surface area contributed by atoms with Crippen LogP contribution in [0.2, 0.25) is 0 Å². The summed E-state index contributed by atoms with van der Waals surface area (Å²) >= 11 is 3.36. The van der Waals surface area contributed by atoms with Crippen LogP contribution in [0.4, 0.5) is 5.69 Å². The zero-order valence-corrected chi connectivity index (χ0v) is 11.8. The van der Waals surface area contributed by atoms with Gasteiger partial charge in [-0.15, -0.1) is 0 Å². The van der Waals surface area contributed by atoms with E-state index < -0.39 is 0 Å². The largest absolute Gasteiger partial charge is 0.497 e. The lowest BCUT2D eigenvalue weighted by molar-refractivity contribution is 0.413. The average Bonchev–Trinajstić information content (AvgIpc) is 2.42. The number of nitrogen functional groups attached to an aromatic ring is 1. The molecule has 4 nitrogen and oxygen atoms in total. The molecule has 0 heterocycles. The first kappa shape index (κ1) is 13.2. The molecule has 0 saturated heterocycles. The van der Waals surface area contributed by atoms with Crippen LogP contribution in [-0.2, 0) is 0 Å². The number of rotatable bonds is 3. The topological polar surface area (TPSA) is 68.3 Å². The van der Waals surface area contributed by atoms with Crippen LogP contribution in [0.3, 0.4) is 0 Å². The Labute approximate surface area is 119 Å². The van der Waals surface area contributed by atoms with Gasteiger partial charge in [-0.2, -0.15) is 5.26 Å². The summed E-state index contributed by atoms with van der Waals surface area (Å²) < 4.78 is 11.5. The third-order valence-electron chi connectivity index (χ3n) is 2.50. The molecule has 0 spiro atoms. The van der Waals surface area contributed by atoms with E-state index in [1.807, 2.05) is 0 Å². The van der Waals surface area contributed by atoms with Crippen molar-refractivity contribution in [1.29, 1.82) is 5.26 Å². The van der Waals surface area contributed by atoms with Crippen LogP contribution in [0.25, 0.3) is 0 Å². The second kappa shape index (κ2) is 5.63. The molecule has 0 aliphatic carbocycles. The summed E-state index contributed by atoms with van der Waals surface area (Å²) in [5.41, 5.74) is 6.92. The molecule has 0 fully saturated rings. The summed E-state index contributed by atoms with van der Waals surface area (Å²) in [6.07, 6.45) is 0. The van der Waals surface area contributed by atoms with Crippen LogP contribution >= 0.6 is 15.9 Å². The molecule has 2 aromatic carbocycles. The number of nitriles is 1. The zero-order valence-electron chi connectivity index (χ0n) is 10.2. The SMILES string of the molecule is COc1ccc(Oc2ccc(C#N)cc2Br)c(N)c1. The van der Waals surface area contributed by atoms with E-state index in [1.54, 1.807) is 43.5 Å². The minimum atomic E-state index is 0.482. The van der Waals surface area contributed by atoms with E-state index >= 15 is 0 Å². The van der Waals surface area contributed by atoms with Gasteiger partial charge in [0.2, 0.25) is 0 Å². The molecule has 0 bridgehead atoms. The standard InChI is InChI=1S/C14H11BrN2O2/c1-18-10-3-5-14(12(17)7-10)19-13-4-2-9(8-16)6-11(13)15/h2-7H,17H2,1H3. The molecule has 0 amide bonds. The summed E-state index contributed by atoms with van der Waals surface area (Å²) in [5.74, 6) is 1.80. The van der Waals surface area contributed by atoms with Crippen molar-refractivity contribution >= 4 is 21.6 Å². The Morgan fingerprint density at radius 3 is 2.47 bits per heavy atom. The fourth-order valence-corrected chi connectivity index (χ4v) is 1.98. The van der Waals surface area contributed by atoms with E-state index in [-0.39, 0.29) is 0 Å². The Balaban J connectivity index is 2.29. The van der Waals surface area contributed by atoms with E-state index in [9.17, 15) is 0 Å². The predicted octanol–water partition coefficient (Wildman–Crippen LogP) is 3.70. The van der Waals surface area contributed by atoms with Gasteiger partial charge in [-0.1, -0.05) is 0 Å². The number of methoxy groups -OCH3 is 1. The highest BCUT2D eigenvalue weighted by Crippen LogP contribution is 2.34. The third kappa shape index (κ3) is 2.98. The molecule has 0 radical (unpaired) electrons. The summed E-state index contributed by atoms with van der Waals surface area (Å²) in [5, 5.41) is 8.80. The Kier molecular flexibility index (Phi) is 3.93. The van der Waals surface area contributed by atoms with Crippen LogP contribution in [0, 0.1) is 11.3 Å². The van der Waals surface area contributed by atoms with Crippen LogP contribution < -0.4 is 15.2 Å². The highest BCUT2D eigenvalue weighted by atomic mass is 79.9. The number of ether oxygens (including phenoxy) is 2. The number of halogens is 1. The molecular weight excluding hydrogens is 308 g/mol. The lowest BCUT2D eigenvalue weighted by Crippen LogP contribution is -1.94. The van der Waals surface area contributed by atoms with Gasteiger partial charge in [0.15, 0.2) is 5.75 Å². The fourth-order valence-electron chi connectivity index (χ4n) is 1.52. The van der Waals surface area contributed by atoms with Crippen molar-refractivity contribution < 1.29 is 9.47 Å². The van der Waals surface area contributed by atoms with Gasteiger partial charge in [0, 0.05) is 6.07 Å². The van der Waals surface area contributed by atoms with Crippen molar-refractivity contribution in [3.63, 3.8) is 0 Å². The number of hydrogen-bond donors (Lipinski definition) is 1. The number of benzene rings is 2. The first-order valence-electron chi connectivity index (χ1n) is 5.45. The van der Waals surface area contributed by atoms with Gasteiger partial charge in [0.05, 0.1) is 28.9 Å². The minimum Gasteiger partial charge on any atom is -0.497 e. The van der Waals surface area contributed by atoms with E-state index in [4.69, 9.17) is 20.5 Å².